The van der Waals surface area contributed by atoms with Crippen LogP contribution in [0.2, 0.25) is 0 Å². The van der Waals surface area contributed by atoms with E-state index in [0.29, 0.717) is 6.61 Å². The van der Waals surface area contributed by atoms with Gasteiger partial charge in [-0.15, -0.1) is 12.4 Å². The van der Waals surface area contributed by atoms with Gasteiger partial charge < -0.3 is 4.74 Å². The zero-order valence-corrected chi connectivity index (χ0v) is 22.3. The molecular formula is C30H36ClNOS. The Morgan fingerprint density at radius 2 is 1.79 bits per heavy atom. The third kappa shape index (κ3) is 9.77. The molecule has 0 saturated carbocycles. The summed E-state index contributed by atoms with van der Waals surface area (Å²) in [6.45, 7) is 12.0. The van der Waals surface area contributed by atoms with Gasteiger partial charge in [-0.2, -0.15) is 11.3 Å². The molecule has 1 heterocycles. The van der Waals surface area contributed by atoms with Crippen molar-refractivity contribution < 1.29 is 4.74 Å². The highest BCUT2D eigenvalue weighted by Gasteiger charge is 2.06. The Morgan fingerprint density at radius 3 is 2.53 bits per heavy atom. The molecule has 2 aromatic carbocycles. The van der Waals surface area contributed by atoms with Gasteiger partial charge in [-0.1, -0.05) is 55.2 Å². The molecule has 0 spiro atoms. The average molecular weight is 494 g/mol. The number of benzene rings is 2. The minimum atomic E-state index is 0. The molecule has 0 aliphatic rings. The van der Waals surface area contributed by atoms with Crippen LogP contribution in [0, 0.1) is 17.3 Å². The van der Waals surface area contributed by atoms with Gasteiger partial charge in [0.1, 0.15) is 12.4 Å². The van der Waals surface area contributed by atoms with Crippen LogP contribution < -0.4 is 4.74 Å². The Labute approximate surface area is 216 Å². The summed E-state index contributed by atoms with van der Waals surface area (Å²) in [7, 11) is 0. The molecular weight excluding hydrogens is 458 g/mol. The van der Waals surface area contributed by atoms with Crippen LogP contribution >= 0.6 is 23.7 Å². The van der Waals surface area contributed by atoms with Crippen LogP contribution in [0.1, 0.15) is 45.2 Å². The summed E-state index contributed by atoms with van der Waals surface area (Å²) >= 11 is 1.72. The second-order valence-electron chi connectivity index (χ2n) is 9.31. The van der Waals surface area contributed by atoms with E-state index in [1.54, 1.807) is 11.3 Å². The molecule has 0 saturated heterocycles. The number of nitrogens with zero attached hydrogens (tertiary/aromatic N) is 1. The van der Waals surface area contributed by atoms with Gasteiger partial charge in [0.05, 0.1) is 0 Å². The molecule has 1 aromatic heterocycles. The van der Waals surface area contributed by atoms with Gasteiger partial charge in [0.2, 0.25) is 0 Å². The average Bonchev–Trinajstić information content (AvgIpc) is 3.32. The summed E-state index contributed by atoms with van der Waals surface area (Å²) < 4.78 is 6.14. The predicted molar refractivity (Wildman–Crippen MR) is 150 cm³/mol. The van der Waals surface area contributed by atoms with E-state index in [1.165, 1.54) is 22.3 Å². The van der Waals surface area contributed by atoms with Crippen molar-refractivity contribution in [1.82, 2.24) is 4.90 Å². The molecule has 0 aliphatic carbocycles. The van der Waals surface area contributed by atoms with E-state index >= 15 is 0 Å². The number of thiophene rings is 1. The molecule has 0 N–H and O–H groups in total. The van der Waals surface area contributed by atoms with E-state index in [9.17, 15) is 0 Å². The number of hydrogen-bond donors (Lipinski definition) is 0. The lowest BCUT2D eigenvalue weighted by molar-refractivity contribution is 0.290. The molecule has 34 heavy (non-hydrogen) atoms. The normalized spacial score (nSPS) is 11.2. The monoisotopic (exact) mass is 493 g/mol. The van der Waals surface area contributed by atoms with Gasteiger partial charge >= 0.3 is 0 Å². The molecule has 0 aliphatic heterocycles. The fourth-order valence-corrected chi connectivity index (χ4v) is 4.16. The summed E-state index contributed by atoms with van der Waals surface area (Å²) in [5.74, 6) is 7.33. The van der Waals surface area contributed by atoms with Gasteiger partial charge in [-0.3, -0.25) is 4.90 Å². The van der Waals surface area contributed by atoms with E-state index < -0.39 is 0 Å². The summed E-state index contributed by atoms with van der Waals surface area (Å²) in [4.78, 5) is 2.44. The van der Waals surface area contributed by atoms with Crippen molar-refractivity contribution in [2.24, 2.45) is 5.41 Å². The van der Waals surface area contributed by atoms with Crippen LogP contribution in [0.15, 0.2) is 77.5 Å². The highest BCUT2D eigenvalue weighted by atomic mass is 35.5. The summed E-state index contributed by atoms with van der Waals surface area (Å²) in [5.41, 5.74) is 4.99. The predicted octanol–water partition coefficient (Wildman–Crippen LogP) is 8.23. The number of ether oxygens (including phenoxy) is 1. The molecule has 180 valence electrons. The topological polar surface area (TPSA) is 12.5 Å². The van der Waals surface area contributed by atoms with Crippen LogP contribution in [0.5, 0.6) is 5.75 Å². The summed E-state index contributed by atoms with van der Waals surface area (Å²) in [6, 6.07) is 19.2. The number of allylic oxidation sites excluding steroid dienone is 1. The third-order valence-corrected chi connectivity index (χ3v) is 5.73. The molecule has 0 fully saturated rings. The Kier molecular flexibility index (Phi) is 11.4. The fraction of sp³-hybridized carbons (Fsp3) is 0.333. The first-order valence-electron chi connectivity index (χ1n) is 11.7. The maximum absolute atomic E-state index is 6.14. The highest BCUT2D eigenvalue weighted by Crippen LogP contribution is 2.24. The van der Waals surface area contributed by atoms with E-state index in [4.69, 9.17) is 4.74 Å². The molecule has 0 radical (unpaired) electrons. The Balaban J connectivity index is 0.00000408. The standard InChI is InChI=1S/C30H35NOS.ClH/c1-5-17-31(18-8-6-7-16-30(2,3)4)22-25-11-10-14-29(21-25)32-23-26-12-9-13-27(20-26)28-15-19-33-24-28;/h6,8-15,19-21,24H,5,17-18,22-23H2,1-4H3;1H. The molecule has 3 aromatic rings. The van der Waals surface area contributed by atoms with Gasteiger partial charge in [0, 0.05) is 18.5 Å². The van der Waals surface area contributed by atoms with E-state index in [1.807, 2.05) is 12.1 Å². The lowest BCUT2D eigenvalue weighted by atomic mass is 9.98. The van der Waals surface area contributed by atoms with Gasteiger partial charge in [-0.25, -0.2) is 0 Å². The van der Waals surface area contributed by atoms with Crippen molar-refractivity contribution in [2.75, 3.05) is 13.1 Å². The van der Waals surface area contributed by atoms with Crippen molar-refractivity contribution in [1.29, 1.82) is 0 Å². The Bertz CT molecular complexity index is 1090. The Morgan fingerprint density at radius 1 is 1.00 bits per heavy atom. The number of hydrogen-bond acceptors (Lipinski definition) is 3. The first-order valence-corrected chi connectivity index (χ1v) is 12.6. The molecule has 0 amide bonds. The first-order chi connectivity index (χ1) is 15.9. The quantitative estimate of drug-likeness (QED) is 0.264. The fourth-order valence-electron chi connectivity index (χ4n) is 3.50. The van der Waals surface area contributed by atoms with Gasteiger partial charge in [0.15, 0.2) is 0 Å². The third-order valence-electron chi connectivity index (χ3n) is 5.04. The lowest BCUT2D eigenvalue weighted by Gasteiger charge is -2.20. The minimum Gasteiger partial charge on any atom is -0.489 e. The molecule has 0 atom stereocenters. The van der Waals surface area contributed by atoms with Gasteiger partial charge in [0.25, 0.3) is 0 Å². The van der Waals surface area contributed by atoms with Crippen LogP contribution in [-0.4, -0.2) is 18.0 Å². The van der Waals surface area contributed by atoms with Crippen molar-refractivity contribution in [3.63, 3.8) is 0 Å². The van der Waals surface area contributed by atoms with Crippen molar-refractivity contribution in [2.45, 2.75) is 47.3 Å². The first kappa shape index (κ1) is 27.7. The van der Waals surface area contributed by atoms with Crippen LogP contribution in [0.3, 0.4) is 0 Å². The van der Waals surface area contributed by atoms with Crippen LogP contribution in [0.25, 0.3) is 11.1 Å². The molecule has 4 heteroatoms. The zero-order valence-electron chi connectivity index (χ0n) is 20.7. The highest BCUT2D eigenvalue weighted by molar-refractivity contribution is 7.08. The molecule has 2 nitrogen and oxygen atoms in total. The van der Waals surface area contributed by atoms with Crippen molar-refractivity contribution in [3.05, 3.63) is 88.6 Å². The summed E-state index contributed by atoms with van der Waals surface area (Å²) in [5, 5.41) is 4.29. The summed E-state index contributed by atoms with van der Waals surface area (Å²) in [6.07, 6.45) is 5.27. The Hall–Kier alpha value is -2.51. The molecule has 0 unspecified atom stereocenters. The van der Waals surface area contributed by atoms with Crippen molar-refractivity contribution in [3.8, 4) is 28.7 Å². The smallest absolute Gasteiger partial charge is 0.120 e. The maximum Gasteiger partial charge on any atom is 0.120 e. The van der Waals surface area contributed by atoms with E-state index in [0.717, 1.165) is 31.8 Å². The second kappa shape index (κ2) is 14.0. The molecule has 0 bridgehead atoms. The lowest BCUT2D eigenvalue weighted by Crippen LogP contribution is -2.24. The van der Waals surface area contributed by atoms with E-state index in [2.05, 4.69) is 110 Å². The molecule has 3 rings (SSSR count). The van der Waals surface area contributed by atoms with E-state index in [-0.39, 0.29) is 17.8 Å². The van der Waals surface area contributed by atoms with Crippen LogP contribution in [0.4, 0.5) is 0 Å². The number of halogens is 1. The van der Waals surface area contributed by atoms with Crippen molar-refractivity contribution >= 4 is 23.7 Å². The largest absolute Gasteiger partial charge is 0.489 e. The van der Waals surface area contributed by atoms with Gasteiger partial charge in [-0.05, 0) is 97.1 Å². The van der Waals surface area contributed by atoms with Crippen LogP contribution in [-0.2, 0) is 13.2 Å². The number of rotatable bonds is 10. The zero-order chi connectivity index (χ0) is 23.5. The minimum absolute atomic E-state index is 0. The SMILES string of the molecule is CCCN(CC=CC#CC(C)(C)C)Cc1cccc(OCc2cccc(-c3ccsc3)c2)c1.Cl. The second-order valence-corrected chi connectivity index (χ2v) is 10.1. The maximum atomic E-state index is 6.14.